The minimum atomic E-state index is -0.318. The SMILES string of the molecule is CCCCCCCCN=C1NC(=NCc2ccc(Cl)c(Cl)c2)NC(C)(C)N1. The summed E-state index contributed by atoms with van der Waals surface area (Å²) in [6.07, 6.45) is 7.57. The summed E-state index contributed by atoms with van der Waals surface area (Å²) in [5.74, 6) is 1.46. The molecule has 0 spiro atoms. The first-order valence-corrected chi connectivity index (χ1v) is 10.5. The van der Waals surface area contributed by atoms with Crippen molar-refractivity contribution in [1.82, 2.24) is 16.0 Å². The molecule has 0 aliphatic carbocycles. The van der Waals surface area contributed by atoms with Gasteiger partial charge in [0.1, 0.15) is 5.66 Å². The zero-order chi connectivity index (χ0) is 19.7. The minimum absolute atomic E-state index is 0.318. The molecule has 0 aromatic heterocycles. The first kappa shape index (κ1) is 21.8. The molecular weight excluding hydrogens is 381 g/mol. The first-order chi connectivity index (χ1) is 12.9. The van der Waals surface area contributed by atoms with E-state index in [0.29, 0.717) is 22.5 Å². The van der Waals surface area contributed by atoms with Crippen molar-refractivity contribution in [3.05, 3.63) is 33.8 Å². The van der Waals surface area contributed by atoms with E-state index < -0.39 is 0 Å². The number of unbranched alkanes of at least 4 members (excludes halogenated alkanes) is 5. The fourth-order valence-corrected chi connectivity index (χ4v) is 3.17. The van der Waals surface area contributed by atoms with Gasteiger partial charge in [-0.2, -0.15) is 0 Å². The van der Waals surface area contributed by atoms with Gasteiger partial charge < -0.3 is 10.6 Å². The molecule has 5 nitrogen and oxygen atoms in total. The number of hydrogen-bond acceptors (Lipinski definition) is 2. The van der Waals surface area contributed by atoms with Crippen LogP contribution < -0.4 is 16.0 Å². The first-order valence-electron chi connectivity index (χ1n) is 9.76. The molecule has 7 heteroatoms. The average Bonchev–Trinajstić information content (AvgIpc) is 2.61. The third-order valence-corrected chi connectivity index (χ3v) is 5.02. The Balaban J connectivity index is 1.89. The zero-order valence-electron chi connectivity index (χ0n) is 16.5. The van der Waals surface area contributed by atoms with E-state index in [1.807, 2.05) is 12.1 Å². The lowest BCUT2D eigenvalue weighted by atomic mass is 10.1. The van der Waals surface area contributed by atoms with Crippen molar-refractivity contribution in [3.63, 3.8) is 0 Å². The lowest BCUT2D eigenvalue weighted by Crippen LogP contribution is -2.68. The molecule has 1 fully saturated rings. The number of guanidine groups is 2. The molecule has 0 saturated carbocycles. The van der Waals surface area contributed by atoms with Gasteiger partial charge in [-0.15, -0.1) is 0 Å². The van der Waals surface area contributed by atoms with E-state index in [1.54, 1.807) is 6.07 Å². The van der Waals surface area contributed by atoms with E-state index in [0.717, 1.165) is 24.5 Å². The van der Waals surface area contributed by atoms with Crippen LogP contribution in [0.25, 0.3) is 0 Å². The molecule has 27 heavy (non-hydrogen) atoms. The van der Waals surface area contributed by atoms with Crippen LogP contribution in [-0.4, -0.2) is 24.1 Å². The number of halogens is 2. The van der Waals surface area contributed by atoms with Crippen molar-refractivity contribution in [2.75, 3.05) is 6.54 Å². The summed E-state index contributed by atoms with van der Waals surface area (Å²) in [7, 11) is 0. The fourth-order valence-electron chi connectivity index (χ4n) is 2.85. The second-order valence-corrected chi connectivity index (χ2v) is 8.23. The van der Waals surface area contributed by atoms with E-state index in [4.69, 9.17) is 23.2 Å². The summed E-state index contributed by atoms with van der Waals surface area (Å²) in [5.41, 5.74) is 0.684. The van der Waals surface area contributed by atoms with Crippen molar-refractivity contribution in [1.29, 1.82) is 0 Å². The third-order valence-electron chi connectivity index (χ3n) is 4.28. The molecule has 0 amide bonds. The summed E-state index contributed by atoms with van der Waals surface area (Å²) in [6.45, 7) is 7.68. The molecular formula is C20H31Cl2N5. The van der Waals surface area contributed by atoms with Gasteiger partial charge in [-0.3, -0.25) is 10.3 Å². The highest BCUT2D eigenvalue weighted by Gasteiger charge is 2.26. The zero-order valence-corrected chi connectivity index (χ0v) is 18.1. The van der Waals surface area contributed by atoms with Gasteiger partial charge in [0.05, 0.1) is 16.6 Å². The van der Waals surface area contributed by atoms with Crippen LogP contribution in [0, 0.1) is 0 Å². The second-order valence-electron chi connectivity index (χ2n) is 7.41. The Morgan fingerprint density at radius 3 is 2.26 bits per heavy atom. The van der Waals surface area contributed by atoms with E-state index in [1.165, 1.54) is 32.1 Å². The van der Waals surface area contributed by atoms with Crippen molar-refractivity contribution in [3.8, 4) is 0 Å². The molecule has 1 heterocycles. The number of benzene rings is 1. The number of nitrogens with zero attached hydrogens (tertiary/aromatic N) is 2. The van der Waals surface area contributed by atoms with Gasteiger partial charge in [0.2, 0.25) is 0 Å². The summed E-state index contributed by atoms with van der Waals surface area (Å²) >= 11 is 12.0. The number of hydrogen-bond donors (Lipinski definition) is 3. The molecule has 1 aliphatic rings. The van der Waals surface area contributed by atoms with Gasteiger partial charge in [-0.25, -0.2) is 4.99 Å². The molecule has 2 rings (SSSR count). The van der Waals surface area contributed by atoms with E-state index in [2.05, 4.69) is 46.7 Å². The quantitative estimate of drug-likeness (QED) is 0.496. The van der Waals surface area contributed by atoms with Gasteiger partial charge in [-0.05, 0) is 38.0 Å². The Kier molecular flexibility index (Phi) is 8.71. The van der Waals surface area contributed by atoms with E-state index in [-0.39, 0.29) is 5.66 Å². The molecule has 150 valence electrons. The lowest BCUT2D eigenvalue weighted by molar-refractivity contribution is 0.403. The van der Waals surface area contributed by atoms with E-state index in [9.17, 15) is 0 Å². The van der Waals surface area contributed by atoms with Crippen LogP contribution in [0.15, 0.2) is 28.2 Å². The Morgan fingerprint density at radius 1 is 0.889 bits per heavy atom. The van der Waals surface area contributed by atoms with Crippen molar-refractivity contribution >= 4 is 35.1 Å². The minimum Gasteiger partial charge on any atom is -0.334 e. The number of aliphatic imine (C=N–C) groups is 2. The highest BCUT2D eigenvalue weighted by Crippen LogP contribution is 2.22. The summed E-state index contributed by atoms with van der Waals surface area (Å²) in [4.78, 5) is 9.28. The molecule has 1 aromatic carbocycles. The van der Waals surface area contributed by atoms with Crippen LogP contribution in [0.2, 0.25) is 10.0 Å². The van der Waals surface area contributed by atoms with Crippen molar-refractivity contribution < 1.29 is 0 Å². The maximum atomic E-state index is 6.07. The second kappa shape index (κ2) is 10.8. The average molecular weight is 412 g/mol. The van der Waals surface area contributed by atoms with Gasteiger partial charge in [0.15, 0.2) is 11.9 Å². The monoisotopic (exact) mass is 411 g/mol. The van der Waals surface area contributed by atoms with Crippen LogP contribution in [0.1, 0.15) is 64.9 Å². The van der Waals surface area contributed by atoms with Gasteiger partial charge >= 0.3 is 0 Å². The van der Waals surface area contributed by atoms with Crippen LogP contribution in [0.4, 0.5) is 0 Å². The Hall–Kier alpha value is -1.46. The molecule has 1 saturated heterocycles. The highest BCUT2D eigenvalue weighted by molar-refractivity contribution is 6.42. The van der Waals surface area contributed by atoms with Gasteiger partial charge in [0, 0.05) is 6.54 Å². The Labute approximate surface area is 173 Å². The van der Waals surface area contributed by atoms with Crippen LogP contribution >= 0.6 is 23.2 Å². The number of rotatable bonds is 9. The lowest BCUT2D eigenvalue weighted by Gasteiger charge is -2.36. The van der Waals surface area contributed by atoms with Crippen molar-refractivity contribution in [2.24, 2.45) is 9.98 Å². The summed E-state index contributed by atoms with van der Waals surface area (Å²) in [5, 5.41) is 11.0. The molecule has 1 aromatic rings. The standard InChI is InChI=1S/C20H31Cl2N5/c1-4-5-6-7-8-9-12-23-18-25-19(27-20(2,3)26-18)24-14-15-10-11-16(21)17(22)13-15/h10-11,13H,4-9,12,14H2,1-3H3,(H3,23,24,25,26,27). The highest BCUT2D eigenvalue weighted by atomic mass is 35.5. The predicted octanol–water partition coefficient (Wildman–Crippen LogP) is 5.08. The molecule has 0 bridgehead atoms. The maximum Gasteiger partial charge on any atom is 0.200 e. The summed E-state index contributed by atoms with van der Waals surface area (Å²) in [6, 6.07) is 5.56. The smallest absolute Gasteiger partial charge is 0.200 e. The van der Waals surface area contributed by atoms with Crippen LogP contribution in [0.3, 0.4) is 0 Å². The Morgan fingerprint density at radius 2 is 1.56 bits per heavy atom. The maximum absolute atomic E-state index is 6.07. The summed E-state index contributed by atoms with van der Waals surface area (Å²) < 4.78 is 0. The van der Waals surface area contributed by atoms with E-state index >= 15 is 0 Å². The largest absolute Gasteiger partial charge is 0.334 e. The van der Waals surface area contributed by atoms with Gasteiger partial charge in [0.25, 0.3) is 0 Å². The molecule has 1 aliphatic heterocycles. The Bertz CT molecular complexity index is 670. The molecule has 0 atom stereocenters. The topological polar surface area (TPSA) is 60.8 Å². The van der Waals surface area contributed by atoms with Crippen LogP contribution in [-0.2, 0) is 6.54 Å². The molecule has 3 N–H and O–H groups in total. The van der Waals surface area contributed by atoms with Crippen LogP contribution in [0.5, 0.6) is 0 Å². The third kappa shape index (κ3) is 7.97. The fraction of sp³-hybridized carbons (Fsp3) is 0.600. The molecule has 0 radical (unpaired) electrons. The number of nitrogens with one attached hydrogen (secondary N) is 3. The van der Waals surface area contributed by atoms with Gasteiger partial charge in [-0.1, -0.05) is 68.3 Å². The molecule has 0 unspecified atom stereocenters. The normalized spacial score (nSPS) is 18.9. The van der Waals surface area contributed by atoms with Crippen molar-refractivity contribution in [2.45, 2.75) is 71.5 Å². The predicted molar refractivity (Wildman–Crippen MR) is 117 cm³/mol.